The van der Waals surface area contributed by atoms with Crippen molar-refractivity contribution in [3.05, 3.63) is 59.7 Å². The molecular weight excluding hydrogens is 503 g/mol. The molecular formula is C28H33FN6O4. The van der Waals surface area contributed by atoms with Gasteiger partial charge in [-0.25, -0.2) is 14.4 Å². The van der Waals surface area contributed by atoms with E-state index in [2.05, 4.69) is 43.5 Å². The van der Waals surface area contributed by atoms with Crippen molar-refractivity contribution in [2.75, 3.05) is 58.2 Å². The van der Waals surface area contributed by atoms with E-state index in [0.29, 0.717) is 23.7 Å². The van der Waals surface area contributed by atoms with E-state index in [4.69, 9.17) is 14.2 Å². The number of ether oxygens (including phenoxy) is 3. The molecule has 0 bridgehead atoms. The first-order valence-electron chi connectivity index (χ1n) is 12.8. The number of nitrogens with one attached hydrogen (secondary N) is 2. The summed E-state index contributed by atoms with van der Waals surface area (Å²) in [6.07, 6.45) is 4.23. The molecule has 0 aliphatic carbocycles. The van der Waals surface area contributed by atoms with Crippen LogP contribution in [0.5, 0.6) is 17.2 Å². The van der Waals surface area contributed by atoms with Crippen molar-refractivity contribution in [1.29, 1.82) is 0 Å². The van der Waals surface area contributed by atoms with Crippen molar-refractivity contribution in [3.8, 4) is 17.2 Å². The summed E-state index contributed by atoms with van der Waals surface area (Å²) in [6.45, 7) is 3.08. The third kappa shape index (κ3) is 5.53. The van der Waals surface area contributed by atoms with Crippen LogP contribution >= 0.6 is 0 Å². The van der Waals surface area contributed by atoms with Gasteiger partial charge in [0.15, 0.2) is 17.3 Å². The highest BCUT2D eigenvalue weighted by Gasteiger charge is 2.40. The van der Waals surface area contributed by atoms with Crippen LogP contribution in [0, 0.1) is 11.7 Å². The Balaban J connectivity index is 1.23. The molecule has 10 nitrogen and oxygen atoms in total. The van der Waals surface area contributed by atoms with Gasteiger partial charge in [0.05, 0.1) is 32.3 Å². The fourth-order valence-corrected chi connectivity index (χ4v) is 5.32. The van der Waals surface area contributed by atoms with Crippen LogP contribution in [0.25, 0.3) is 0 Å². The van der Waals surface area contributed by atoms with Gasteiger partial charge in [0.25, 0.3) is 5.91 Å². The second-order valence-corrected chi connectivity index (χ2v) is 9.78. The van der Waals surface area contributed by atoms with Gasteiger partial charge in [-0.15, -0.1) is 0 Å². The Morgan fingerprint density at radius 3 is 2.56 bits per heavy atom. The Morgan fingerprint density at radius 1 is 1.10 bits per heavy atom. The molecule has 0 unspecified atom stereocenters. The molecule has 2 aliphatic rings. The second kappa shape index (κ2) is 11.3. The lowest BCUT2D eigenvalue weighted by Crippen LogP contribution is -2.32. The van der Waals surface area contributed by atoms with E-state index >= 15 is 0 Å². The fourth-order valence-electron chi connectivity index (χ4n) is 5.32. The molecule has 0 saturated carbocycles. The van der Waals surface area contributed by atoms with Crippen molar-refractivity contribution in [3.63, 3.8) is 0 Å². The highest BCUT2D eigenvalue weighted by atomic mass is 19.1. The predicted molar refractivity (Wildman–Crippen MR) is 146 cm³/mol. The molecule has 2 fully saturated rings. The maximum absolute atomic E-state index is 14.7. The lowest BCUT2D eigenvalue weighted by molar-refractivity contribution is 0.0962. The van der Waals surface area contributed by atoms with E-state index in [9.17, 15) is 9.18 Å². The Hall–Kier alpha value is -4.12. The zero-order chi connectivity index (χ0) is 27.5. The minimum Gasteiger partial charge on any atom is -0.495 e. The van der Waals surface area contributed by atoms with Crippen LogP contribution in [0.3, 0.4) is 0 Å². The number of carbonyl (C=O) groups excluding carboxylic acids is 1. The number of benzene rings is 2. The van der Waals surface area contributed by atoms with E-state index in [1.807, 2.05) is 12.1 Å². The quantitative estimate of drug-likeness (QED) is 0.426. The normalized spacial score (nSPS) is 18.5. The molecule has 2 aromatic carbocycles. The van der Waals surface area contributed by atoms with Crippen molar-refractivity contribution in [2.24, 2.45) is 5.92 Å². The summed E-state index contributed by atoms with van der Waals surface area (Å²) in [4.78, 5) is 25.5. The molecule has 206 valence electrons. The van der Waals surface area contributed by atoms with Gasteiger partial charge in [0, 0.05) is 49.1 Å². The van der Waals surface area contributed by atoms with Crippen LogP contribution in [0.15, 0.2) is 42.7 Å². The average molecular weight is 537 g/mol. The number of anilines is 3. The molecule has 2 aliphatic heterocycles. The molecule has 1 aromatic heterocycles. The van der Waals surface area contributed by atoms with E-state index in [1.54, 1.807) is 7.11 Å². The minimum atomic E-state index is -0.592. The van der Waals surface area contributed by atoms with Crippen molar-refractivity contribution in [2.45, 2.75) is 19.1 Å². The van der Waals surface area contributed by atoms with Gasteiger partial charge in [-0.2, -0.15) is 0 Å². The number of likely N-dealkylation sites (N-methyl/N-ethyl adjacent to an activating group) is 1. The number of likely N-dealkylation sites (tertiary alicyclic amines) is 1. The number of nitrogens with zero attached hydrogens (tertiary/aromatic N) is 4. The first kappa shape index (κ1) is 26.5. The smallest absolute Gasteiger partial charge is 0.251 e. The third-order valence-corrected chi connectivity index (χ3v) is 7.45. The number of halogens is 1. The summed E-state index contributed by atoms with van der Waals surface area (Å²) in [5, 5.41) is 5.71. The third-order valence-electron chi connectivity index (χ3n) is 7.45. The second-order valence-electron chi connectivity index (χ2n) is 9.78. The van der Waals surface area contributed by atoms with E-state index < -0.39 is 5.82 Å². The molecule has 2 N–H and O–H groups in total. The Kier molecular flexibility index (Phi) is 7.69. The number of aromatic nitrogens is 2. The maximum Gasteiger partial charge on any atom is 0.251 e. The summed E-state index contributed by atoms with van der Waals surface area (Å²) < 4.78 is 31.2. The van der Waals surface area contributed by atoms with Crippen molar-refractivity contribution >= 4 is 23.2 Å². The highest BCUT2D eigenvalue weighted by molar-refractivity contribution is 5.94. The topological polar surface area (TPSA) is 101 Å². The zero-order valence-electron chi connectivity index (χ0n) is 22.5. The van der Waals surface area contributed by atoms with E-state index in [0.717, 1.165) is 30.2 Å². The zero-order valence-corrected chi connectivity index (χ0v) is 22.5. The van der Waals surface area contributed by atoms with Crippen molar-refractivity contribution in [1.82, 2.24) is 20.2 Å². The number of rotatable bonds is 9. The number of hydrogen-bond donors (Lipinski definition) is 2. The van der Waals surface area contributed by atoms with Crippen LogP contribution in [0.1, 0.15) is 22.3 Å². The van der Waals surface area contributed by atoms with Gasteiger partial charge < -0.3 is 34.6 Å². The standard InChI is InChI=1S/C28H33FN6O4/c1-30-27(36)18-9-19(26(29)25(10-18)38-4)16-39-21-12-31-28(32-13-21)33-20-5-6-22(24(11-20)37-3)35-14-17-7-8-34(2)23(17)15-35/h5-6,9-13,17,23H,7-8,14-16H2,1-4H3,(H,30,36)(H,31,32,33)/t17-,23+/m0/s1. The number of fused-ring (bicyclic) bond motifs is 1. The number of hydrogen-bond acceptors (Lipinski definition) is 9. The average Bonchev–Trinajstić information content (AvgIpc) is 3.54. The van der Waals surface area contributed by atoms with Crippen LogP contribution in [0.4, 0.5) is 21.7 Å². The molecule has 3 aromatic rings. The number of carbonyl (C=O) groups is 1. The largest absolute Gasteiger partial charge is 0.495 e. The van der Waals surface area contributed by atoms with Gasteiger partial charge in [0.2, 0.25) is 5.95 Å². The maximum atomic E-state index is 14.7. The van der Waals surface area contributed by atoms with Gasteiger partial charge in [-0.1, -0.05) is 0 Å². The molecule has 11 heteroatoms. The summed E-state index contributed by atoms with van der Waals surface area (Å²) in [5.74, 6) is 1.24. The number of amides is 1. The van der Waals surface area contributed by atoms with Gasteiger partial charge in [0.1, 0.15) is 12.4 Å². The monoisotopic (exact) mass is 536 g/mol. The lowest BCUT2D eigenvalue weighted by atomic mass is 10.1. The van der Waals surface area contributed by atoms with Crippen molar-refractivity contribution < 1.29 is 23.4 Å². The molecule has 39 heavy (non-hydrogen) atoms. The van der Waals surface area contributed by atoms with Crippen LogP contribution in [0.2, 0.25) is 0 Å². The van der Waals surface area contributed by atoms with Gasteiger partial charge in [-0.3, -0.25) is 4.79 Å². The number of methoxy groups -OCH3 is 2. The predicted octanol–water partition coefficient (Wildman–Crippen LogP) is 3.46. The highest BCUT2D eigenvalue weighted by Crippen LogP contribution is 2.38. The molecule has 2 saturated heterocycles. The first-order valence-corrected chi connectivity index (χ1v) is 12.8. The first-order chi connectivity index (χ1) is 18.9. The molecule has 5 rings (SSSR count). The summed E-state index contributed by atoms with van der Waals surface area (Å²) in [5.41, 5.74) is 2.32. The SMILES string of the molecule is CNC(=O)c1cc(COc2cnc(Nc3ccc(N4C[C@@H]5CCN(C)[C@@H]5C4)c(OC)c3)nc2)c(F)c(OC)c1. The van der Waals surface area contributed by atoms with Crippen LogP contribution < -0.4 is 29.7 Å². The van der Waals surface area contributed by atoms with E-state index in [-0.39, 0.29) is 29.4 Å². The molecule has 0 radical (unpaired) electrons. The fraction of sp³-hybridized carbons (Fsp3) is 0.393. The minimum absolute atomic E-state index is 0.0353. The molecule has 2 atom stereocenters. The summed E-state index contributed by atoms with van der Waals surface area (Å²) in [6, 6.07) is 9.36. The summed E-state index contributed by atoms with van der Waals surface area (Å²) in [7, 11) is 6.73. The van der Waals surface area contributed by atoms with Gasteiger partial charge >= 0.3 is 0 Å². The lowest BCUT2D eigenvalue weighted by Gasteiger charge is -2.24. The van der Waals surface area contributed by atoms with Crippen LogP contribution in [-0.4, -0.2) is 74.8 Å². The Morgan fingerprint density at radius 2 is 1.87 bits per heavy atom. The van der Waals surface area contributed by atoms with Crippen LogP contribution in [-0.2, 0) is 6.61 Å². The summed E-state index contributed by atoms with van der Waals surface area (Å²) >= 11 is 0. The Labute approximate surface area is 227 Å². The molecule has 3 heterocycles. The molecule has 0 spiro atoms. The Bertz CT molecular complexity index is 1340. The van der Waals surface area contributed by atoms with E-state index in [1.165, 1.54) is 51.6 Å². The van der Waals surface area contributed by atoms with Gasteiger partial charge in [-0.05, 0) is 50.2 Å². The molecule has 1 amide bonds.